The normalized spacial score (nSPS) is 18.3. The van der Waals surface area contributed by atoms with Crippen molar-refractivity contribution in [3.63, 3.8) is 0 Å². The van der Waals surface area contributed by atoms with Crippen molar-refractivity contribution in [2.75, 3.05) is 0 Å². The first-order chi connectivity index (χ1) is 5.77. The van der Waals surface area contributed by atoms with Crippen LogP contribution in [0.2, 0.25) is 0 Å². The summed E-state index contributed by atoms with van der Waals surface area (Å²) in [6, 6.07) is 3.98. The Labute approximate surface area is 80.3 Å². The number of hydrogen-bond donors (Lipinski definition) is 0. The molecule has 1 saturated carbocycles. The number of terminal acetylenes is 1. The summed E-state index contributed by atoms with van der Waals surface area (Å²) in [5.41, 5.74) is 1.01. The van der Waals surface area contributed by atoms with Crippen molar-refractivity contribution in [2.45, 2.75) is 18.3 Å². The molecule has 0 aliphatic heterocycles. The third-order valence-electron chi connectivity index (χ3n) is 2.24. The lowest BCUT2D eigenvalue weighted by Crippen LogP contribution is -2.04. The van der Waals surface area contributed by atoms with E-state index >= 15 is 0 Å². The van der Waals surface area contributed by atoms with Gasteiger partial charge < -0.3 is 0 Å². The molecule has 0 atom stereocenters. The first kappa shape index (κ1) is 7.82. The second-order valence-electron chi connectivity index (χ2n) is 3.09. The Bertz CT molecular complexity index is 330. The summed E-state index contributed by atoms with van der Waals surface area (Å²) in [6.07, 6.45) is 9.40. The molecule has 1 heterocycles. The van der Waals surface area contributed by atoms with E-state index in [0.717, 1.165) is 23.0 Å². The second kappa shape index (κ2) is 2.60. The summed E-state index contributed by atoms with van der Waals surface area (Å²) in [5, 5.41) is 0. The summed E-state index contributed by atoms with van der Waals surface area (Å²) < 4.78 is 0.999. The van der Waals surface area contributed by atoms with Gasteiger partial charge in [-0.05, 0) is 40.9 Å². The molecule has 2 rings (SSSR count). The van der Waals surface area contributed by atoms with Gasteiger partial charge in [-0.2, -0.15) is 0 Å². The van der Waals surface area contributed by atoms with Crippen LogP contribution in [0.5, 0.6) is 0 Å². The average molecular weight is 222 g/mol. The second-order valence-corrected chi connectivity index (χ2v) is 4.00. The highest BCUT2D eigenvalue weighted by Gasteiger charge is 2.43. The molecule has 0 N–H and O–H groups in total. The fraction of sp³-hybridized carbons (Fsp3) is 0.300. The van der Waals surface area contributed by atoms with Gasteiger partial charge in [0.15, 0.2) is 0 Å². The monoisotopic (exact) mass is 221 g/mol. The van der Waals surface area contributed by atoms with Crippen molar-refractivity contribution in [1.29, 1.82) is 0 Å². The molecule has 0 spiro atoms. The summed E-state index contributed by atoms with van der Waals surface area (Å²) in [5.74, 6) is 2.81. The molecule has 0 aromatic carbocycles. The van der Waals surface area contributed by atoms with E-state index in [1.54, 1.807) is 6.20 Å². The standard InChI is InChI=1S/C10H8BrN/c1-2-10(5-6-10)9-4-3-8(11)7-12-9/h1,3-4,7H,5-6H2. The Morgan fingerprint density at radius 2 is 2.25 bits per heavy atom. The predicted molar refractivity (Wildman–Crippen MR) is 51.7 cm³/mol. The van der Waals surface area contributed by atoms with Crippen LogP contribution in [-0.4, -0.2) is 4.98 Å². The molecule has 1 aliphatic rings. The SMILES string of the molecule is C#CC1(c2ccc(Br)cn2)CC1. The van der Waals surface area contributed by atoms with Crippen LogP contribution in [0.1, 0.15) is 18.5 Å². The summed E-state index contributed by atoms with van der Waals surface area (Å²) in [4.78, 5) is 4.29. The van der Waals surface area contributed by atoms with Crippen LogP contribution in [0.4, 0.5) is 0 Å². The number of rotatable bonds is 1. The molecular weight excluding hydrogens is 214 g/mol. The van der Waals surface area contributed by atoms with Gasteiger partial charge in [0.2, 0.25) is 0 Å². The van der Waals surface area contributed by atoms with Crippen molar-refractivity contribution in [3.8, 4) is 12.3 Å². The summed E-state index contributed by atoms with van der Waals surface area (Å²) in [6.45, 7) is 0. The number of pyridine rings is 1. The number of nitrogens with zero attached hydrogens (tertiary/aromatic N) is 1. The Kier molecular flexibility index (Phi) is 1.69. The van der Waals surface area contributed by atoms with E-state index in [1.165, 1.54) is 0 Å². The van der Waals surface area contributed by atoms with Crippen LogP contribution in [0.3, 0.4) is 0 Å². The fourth-order valence-corrected chi connectivity index (χ4v) is 1.49. The van der Waals surface area contributed by atoms with E-state index in [2.05, 4.69) is 26.8 Å². The molecule has 0 saturated heterocycles. The van der Waals surface area contributed by atoms with Crippen molar-refractivity contribution in [2.24, 2.45) is 0 Å². The largest absolute Gasteiger partial charge is 0.259 e. The zero-order chi connectivity index (χ0) is 8.60. The van der Waals surface area contributed by atoms with Crippen LogP contribution in [-0.2, 0) is 5.41 Å². The van der Waals surface area contributed by atoms with Crippen LogP contribution in [0, 0.1) is 12.3 Å². The Balaban J connectivity index is 2.37. The first-order valence-corrected chi connectivity index (χ1v) is 4.66. The highest BCUT2D eigenvalue weighted by molar-refractivity contribution is 9.10. The molecule has 1 aromatic heterocycles. The third-order valence-corrected chi connectivity index (χ3v) is 2.71. The minimum absolute atomic E-state index is 0.0271. The highest BCUT2D eigenvalue weighted by atomic mass is 79.9. The van der Waals surface area contributed by atoms with E-state index in [-0.39, 0.29) is 5.41 Å². The third kappa shape index (κ3) is 1.15. The van der Waals surface area contributed by atoms with Crippen molar-refractivity contribution in [1.82, 2.24) is 4.98 Å². The molecule has 1 aromatic rings. The fourth-order valence-electron chi connectivity index (χ4n) is 1.26. The number of aromatic nitrogens is 1. The molecular formula is C10H8BrN. The molecule has 1 fully saturated rings. The van der Waals surface area contributed by atoms with Gasteiger partial charge in [0.25, 0.3) is 0 Å². The van der Waals surface area contributed by atoms with Gasteiger partial charge in [-0.1, -0.05) is 5.92 Å². The Morgan fingerprint density at radius 3 is 2.67 bits per heavy atom. The van der Waals surface area contributed by atoms with Gasteiger partial charge in [0.1, 0.15) is 0 Å². The smallest absolute Gasteiger partial charge is 0.0733 e. The maximum absolute atomic E-state index is 5.44. The van der Waals surface area contributed by atoms with Crippen LogP contribution in [0.25, 0.3) is 0 Å². The van der Waals surface area contributed by atoms with Gasteiger partial charge in [-0.25, -0.2) is 0 Å². The quantitative estimate of drug-likeness (QED) is 0.665. The van der Waals surface area contributed by atoms with Crippen molar-refractivity contribution in [3.05, 3.63) is 28.5 Å². The number of halogens is 1. The zero-order valence-electron chi connectivity index (χ0n) is 6.55. The van der Waals surface area contributed by atoms with E-state index in [4.69, 9.17) is 6.42 Å². The maximum atomic E-state index is 5.44. The van der Waals surface area contributed by atoms with Crippen LogP contribution >= 0.6 is 15.9 Å². The molecule has 60 valence electrons. The van der Waals surface area contributed by atoms with Gasteiger partial charge in [-0.3, -0.25) is 4.98 Å². The maximum Gasteiger partial charge on any atom is 0.0733 e. The molecule has 1 aliphatic carbocycles. The van der Waals surface area contributed by atoms with Gasteiger partial charge in [0, 0.05) is 10.7 Å². The lowest BCUT2D eigenvalue weighted by molar-refractivity contribution is 0.869. The molecule has 0 radical (unpaired) electrons. The summed E-state index contributed by atoms with van der Waals surface area (Å²) >= 11 is 3.34. The molecule has 0 bridgehead atoms. The summed E-state index contributed by atoms with van der Waals surface area (Å²) in [7, 11) is 0. The number of hydrogen-bond acceptors (Lipinski definition) is 1. The molecule has 0 unspecified atom stereocenters. The molecule has 2 heteroatoms. The molecule has 12 heavy (non-hydrogen) atoms. The van der Waals surface area contributed by atoms with Gasteiger partial charge in [-0.15, -0.1) is 6.42 Å². The van der Waals surface area contributed by atoms with Crippen LogP contribution in [0.15, 0.2) is 22.8 Å². The first-order valence-electron chi connectivity index (χ1n) is 3.87. The van der Waals surface area contributed by atoms with Crippen molar-refractivity contribution < 1.29 is 0 Å². The van der Waals surface area contributed by atoms with Crippen LogP contribution < -0.4 is 0 Å². The van der Waals surface area contributed by atoms with Gasteiger partial charge in [0.05, 0.1) is 11.1 Å². The lowest BCUT2D eigenvalue weighted by Gasteiger charge is -2.05. The van der Waals surface area contributed by atoms with E-state index in [0.29, 0.717) is 0 Å². The Morgan fingerprint density at radius 1 is 1.50 bits per heavy atom. The predicted octanol–water partition coefficient (Wildman–Crippen LogP) is 2.51. The average Bonchev–Trinajstić information content (AvgIpc) is 2.86. The Hall–Kier alpha value is -0.810. The van der Waals surface area contributed by atoms with E-state index in [1.807, 2.05) is 12.1 Å². The van der Waals surface area contributed by atoms with Crippen molar-refractivity contribution >= 4 is 15.9 Å². The minimum atomic E-state index is -0.0271. The molecule has 1 nitrogen and oxygen atoms in total. The topological polar surface area (TPSA) is 12.9 Å². The lowest BCUT2D eigenvalue weighted by atomic mass is 10.0. The van der Waals surface area contributed by atoms with E-state index < -0.39 is 0 Å². The minimum Gasteiger partial charge on any atom is -0.259 e. The molecule has 0 amide bonds. The highest BCUT2D eigenvalue weighted by Crippen LogP contribution is 2.46. The zero-order valence-corrected chi connectivity index (χ0v) is 8.13. The van der Waals surface area contributed by atoms with Gasteiger partial charge >= 0.3 is 0 Å². The van der Waals surface area contributed by atoms with E-state index in [9.17, 15) is 0 Å².